The van der Waals surface area contributed by atoms with Crippen molar-refractivity contribution in [3.8, 4) is 0 Å². The van der Waals surface area contributed by atoms with Gasteiger partial charge in [0.1, 0.15) is 11.4 Å². The van der Waals surface area contributed by atoms with Gasteiger partial charge in [-0.15, -0.1) is 11.8 Å². The Morgan fingerprint density at radius 3 is 2.38 bits per heavy atom. The molecule has 0 unspecified atom stereocenters. The Morgan fingerprint density at radius 2 is 1.93 bits per heavy atom. The summed E-state index contributed by atoms with van der Waals surface area (Å²) in [7, 11) is 1.22. The fourth-order valence-corrected chi connectivity index (χ4v) is 5.84. The van der Waals surface area contributed by atoms with Crippen molar-refractivity contribution in [1.29, 1.82) is 0 Å². The number of carboxylic acid groups (broad SMARTS) is 2. The van der Waals surface area contributed by atoms with Crippen molar-refractivity contribution < 1.29 is 96.1 Å². The van der Waals surface area contributed by atoms with E-state index in [1.807, 2.05) is 0 Å². The molecule has 0 radical (unpaired) electrons. The average molecular weight is 462 g/mol. The summed E-state index contributed by atoms with van der Waals surface area (Å²) >= 11 is 2.43. The molecule has 13 heteroatoms. The average Bonchev–Trinajstić information content (AvgIpc) is 3.16. The van der Waals surface area contributed by atoms with Crippen molar-refractivity contribution in [2.75, 3.05) is 7.11 Å². The smallest absolute Gasteiger partial charge is 1.00 e. The Balaban J connectivity index is 0. The van der Waals surface area contributed by atoms with Crippen molar-refractivity contribution in [1.82, 2.24) is 10.2 Å². The summed E-state index contributed by atoms with van der Waals surface area (Å²) < 4.78 is 4.50. The van der Waals surface area contributed by atoms with Crippen LogP contribution in [-0.4, -0.2) is 67.9 Å². The minimum absolute atomic E-state index is 0. The minimum atomic E-state index is -1.80. The first kappa shape index (κ1) is 26.9. The number of β-lactam (4-membered cyclic amide) rings is 1. The van der Waals surface area contributed by atoms with Crippen LogP contribution >= 0.6 is 23.1 Å². The van der Waals surface area contributed by atoms with Crippen LogP contribution < -0.4 is 64.4 Å². The molecule has 2 aliphatic rings. The molecule has 0 aliphatic carbocycles. The molecule has 2 saturated heterocycles. The molecular formula is C16H20N2Na2O7S2. The van der Waals surface area contributed by atoms with Crippen molar-refractivity contribution in [3.05, 3.63) is 22.4 Å². The zero-order valence-corrected chi connectivity index (χ0v) is 22.3. The monoisotopic (exact) mass is 462 g/mol. The number of ether oxygens (including phenoxy) is 1. The molecule has 1 aromatic heterocycles. The van der Waals surface area contributed by atoms with Gasteiger partial charge in [0.25, 0.3) is 11.6 Å². The number of methoxy groups -OCH3 is 1. The number of carbonyl (C=O) groups is 4. The third kappa shape index (κ3) is 4.31. The molecule has 2 fully saturated rings. The van der Waals surface area contributed by atoms with Gasteiger partial charge in [0, 0.05) is 11.9 Å². The number of rotatable bonds is 6. The molecule has 4 atom stereocenters. The third-order valence-electron chi connectivity index (χ3n) is 4.76. The summed E-state index contributed by atoms with van der Waals surface area (Å²) in [5.41, 5.74) is -1.50. The molecule has 0 aromatic carbocycles. The second kappa shape index (κ2) is 9.58. The zero-order valence-electron chi connectivity index (χ0n) is 18.7. The number of nitrogens with one attached hydrogen (secondary N) is 1. The molecule has 3 rings (SSSR count). The number of carbonyl (C=O) groups excluding carboxylic acids is 2. The standard InChI is InChI=1S/C16H18N2O7S2.2Na.2H/c1-15(2)9(12(22)23)18-13(24)16(25-3,14(18)27-15)17-10(19)8(11(20)21)7-4-5-26-6-7;;;;/h4-6,8-9,14H,1-3H3,(H,17,19)(H,20,21)(H,22,23);;;;/q;2*+1;2*-1/t8-,9+,14-,16+;;;;/m1..../s1. The zero-order chi connectivity index (χ0) is 20.1. The summed E-state index contributed by atoms with van der Waals surface area (Å²) in [4.78, 5) is 49.9. The van der Waals surface area contributed by atoms with Crippen LogP contribution in [0.25, 0.3) is 0 Å². The van der Waals surface area contributed by atoms with E-state index in [-0.39, 0.29) is 62.0 Å². The SMILES string of the molecule is CO[C@@]1(NC(=O)[C@H](C(=O)O)c2ccsc2)C(=O)N2[C@@H](C(=O)O)C(C)(C)S[C@@H]21.[H-].[H-].[Na+].[Na+]. The topological polar surface area (TPSA) is 133 Å². The van der Waals surface area contributed by atoms with Crippen molar-refractivity contribution in [3.63, 3.8) is 0 Å². The van der Waals surface area contributed by atoms with Crippen LogP contribution in [-0.2, 0) is 23.9 Å². The van der Waals surface area contributed by atoms with Crippen molar-refractivity contribution in [2.45, 2.75) is 41.7 Å². The molecular weight excluding hydrogens is 442 g/mol. The maximum Gasteiger partial charge on any atom is 1.00 e. The Hall–Kier alpha value is -0.110. The largest absolute Gasteiger partial charge is 1.00 e. The van der Waals surface area contributed by atoms with E-state index < -0.39 is 51.6 Å². The van der Waals surface area contributed by atoms with Crippen LogP contribution in [0, 0.1) is 0 Å². The maximum absolute atomic E-state index is 12.8. The Labute approximate surface area is 222 Å². The number of thiophene rings is 1. The molecule has 150 valence electrons. The summed E-state index contributed by atoms with van der Waals surface area (Å²) in [5.74, 6) is -5.61. The van der Waals surface area contributed by atoms with Crippen LogP contribution in [0.1, 0.15) is 28.2 Å². The van der Waals surface area contributed by atoms with Gasteiger partial charge in [-0.3, -0.25) is 14.4 Å². The Bertz CT molecular complexity index is 831. The number of fused-ring (bicyclic) bond motifs is 1. The maximum atomic E-state index is 12.8. The van der Waals surface area contributed by atoms with Gasteiger partial charge in [-0.05, 0) is 36.2 Å². The molecule has 0 saturated carbocycles. The molecule has 1 aromatic rings. The van der Waals surface area contributed by atoms with E-state index in [0.29, 0.717) is 5.56 Å². The van der Waals surface area contributed by atoms with Gasteiger partial charge < -0.3 is 28.0 Å². The summed E-state index contributed by atoms with van der Waals surface area (Å²) in [6, 6.07) is 0.443. The van der Waals surface area contributed by atoms with E-state index in [4.69, 9.17) is 4.74 Å². The van der Waals surface area contributed by atoms with E-state index >= 15 is 0 Å². The molecule has 2 amide bonds. The second-order valence-electron chi connectivity index (χ2n) is 6.78. The summed E-state index contributed by atoms with van der Waals surface area (Å²) in [5, 5.41) is 23.8. The van der Waals surface area contributed by atoms with E-state index in [0.717, 1.165) is 4.90 Å². The van der Waals surface area contributed by atoms with Crippen LogP contribution in [0.15, 0.2) is 16.8 Å². The predicted molar refractivity (Wildman–Crippen MR) is 98.5 cm³/mol. The number of hydrogen-bond donors (Lipinski definition) is 3. The van der Waals surface area contributed by atoms with Crippen LogP contribution in [0.2, 0.25) is 0 Å². The van der Waals surface area contributed by atoms with Crippen LogP contribution in [0.5, 0.6) is 0 Å². The fraction of sp³-hybridized carbons (Fsp3) is 0.500. The summed E-state index contributed by atoms with van der Waals surface area (Å²) in [6.07, 6.45) is 0. The normalized spacial score (nSPS) is 27.6. The fourth-order valence-electron chi connectivity index (χ4n) is 3.48. The van der Waals surface area contributed by atoms with E-state index in [1.54, 1.807) is 24.6 Å². The molecule has 3 heterocycles. The predicted octanol–water partition coefficient (Wildman–Crippen LogP) is -5.24. The van der Waals surface area contributed by atoms with Crippen molar-refractivity contribution >= 4 is 46.9 Å². The van der Waals surface area contributed by atoms with Gasteiger partial charge in [-0.1, -0.05) is 0 Å². The first-order valence-electron chi connectivity index (χ1n) is 7.92. The molecule has 9 nitrogen and oxygen atoms in total. The van der Waals surface area contributed by atoms with Gasteiger partial charge >= 0.3 is 71.1 Å². The van der Waals surface area contributed by atoms with Gasteiger partial charge in [0.05, 0.1) is 0 Å². The number of aliphatic carboxylic acids is 2. The minimum Gasteiger partial charge on any atom is -1.00 e. The van der Waals surface area contributed by atoms with Crippen LogP contribution in [0.4, 0.5) is 0 Å². The quantitative estimate of drug-likeness (QED) is 0.165. The molecule has 29 heavy (non-hydrogen) atoms. The second-order valence-corrected chi connectivity index (χ2v) is 9.30. The Kier molecular flexibility index (Phi) is 8.89. The number of carboxylic acids is 2. The first-order valence-corrected chi connectivity index (χ1v) is 9.74. The van der Waals surface area contributed by atoms with Gasteiger partial charge in [0.15, 0.2) is 5.92 Å². The van der Waals surface area contributed by atoms with Gasteiger partial charge in [-0.25, -0.2) is 4.79 Å². The van der Waals surface area contributed by atoms with Gasteiger partial charge in [0.2, 0.25) is 5.91 Å². The molecule has 0 bridgehead atoms. The van der Waals surface area contributed by atoms with Crippen LogP contribution in [0.3, 0.4) is 0 Å². The van der Waals surface area contributed by atoms with Gasteiger partial charge in [-0.2, -0.15) is 11.3 Å². The van der Waals surface area contributed by atoms with E-state index in [9.17, 15) is 29.4 Å². The molecule has 3 N–H and O–H groups in total. The number of amides is 2. The number of nitrogens with zero attached hydrogens (tertiary/aromatic N) is 1. The van der Waals surface area contributed by atoms with E-state index in [1.165, 1.54) is 36.3 Å². The Morgan fingerprint density at radius 1 is 1.31 bits per heavy atom. The first-order chi connectivity index (χ1) is 12.6. The van der Waals surface area contributed by atoms with E-state index in [2.05, 4.69) is 5.32 Å². The number of hydrogen-bond acceptors (Lipinski definition) is 7. The summed E-state index contributed by atoms with van der Waals surface area (Å²) in [6.45, 7) is 3.38. The molecule has 2 aliphatic heterocycles. The number of thioether (sulfide) groups is 1. The van der Waals surface area contributed by atoms with Crippen molar-refractivity contribution in [2.24, 2.45) is 0 Å². The molecule has 0 spiro atoms. The third-order valence-corrected chi connectivity index (χ3v) is 7.07.